The zero-order valence-electron chi connectivity index (χ0n) is 12.7. The molecule has 1 aromatic carbocycles. The van der Waals surface area contributed by atoms with Crippen molar-refractivity contribution in [3.63, 3.8) is 0 Å². The van der Waals surface area contributed by atoms with Gasteiger partial charge in [-0.25, -0.2) is 0 Å². The molecule has 0 aromatic heterocycles. The lowest BCUT2D eigenvalue weighted by Gasteiger charge is -2.25. The second-order valence-electron chi connectivity index (χ2n) is 5.97. The number of nitrogens with two attached hydrogens (primary N) is 1. The summed E-state index contributed by atoms with van der Waals surface area (Å²) in [5.41, 5.74) is 8.05. The van der Waals surface area contributed by atoms with Crippen molar-refractivity contribution in [2.24, 2.45) is 5.73 Å². The molecule has 1 amide bonds. The summed E-state index contributed by atoms with van der Waals surface area (Å²) in [4.78, 5) is 12.4. The Bertz CT molecular complexity index is 520. The van der Waals surface area contributed by atoms with Gasteiger partial charge >= 0.3 is 0 Å². The molecule has 0 fully saturated rings. The molecule has 5 heteroatoms. The summed E-state index contributed by atoms with van der Waals surface area (Å²) >= 11 is 5.05. The van der Waals surface area contributed by atoms with Gasteiger partial charge in [0.05, 0.1) is 0 Å². The molecule has 1 aromatic rings. The number of benzene rings is 1. The predicted molar refractivity (Wildman–Crippen MR) is 88.0 cm³/mol. The topological polar surface area (TPSA) is 67.1 Å². The van der Waals surface area contributed by atoms with Crippen LogP contribution in [0.5, 0.6) is 0 Å². The molecule has 0 spiro atoms. The first-order valence-electron chi connectivity index (χ1n) is 6.60. The van der Waals surface area contributed by atoms with E-state index in [1.54, 1.807) is 0 Å². The fraction of sp³-hybridized carbons (Fsp3) is 0.467. The number of carbonyl (C=O) groups is 1. The van der Waals surface area contributed by atoms with Gasteiger partial charge < -0.3 is 16.4 Å². The molecule has 0 bridgehead atoms. The van der Waals surface area contributed by atoms with E-state index < -0.39 is 0 Å². The number of anilines is 1. The lowest BCUT2D eigenvalue weighted by atomic mass is 10.1. The molecule has 110 valence electrons. The Hall–Kier alpha value is -1.62. The van der Waals surface area contributed by atoms with E-state index in [0.717, 1.165) is 16.8 Å². The number of aryl methyl sites for hydroxylation is 1. The van der Waals surface area contributed by atoms with Gasteiger partial charge in [0, 0.05) is 16.8 Å². The molecule has 0 aliphatic heterocycles. The molecule has 0 aliphatic rings. The minimum absolute atomic E-state index is 0.0605. The van der Waals surface area contributed by atoms with Crippen molar-refractivity contribution >= 4 is 28.8 Å². The van der Waals surface area contributed by atoms with Crippen LogP contribution in [0.1, 0.15) is 38.8 Å². The van der Waals surface area contributed by atoms with Gasteiger partial charge in [0.25, 0.3) is 0 Å². The zero-order valence-corrected chi connectivity index (χ0v) is 13.5. The van der Waals surface area contributed by atoms with E-state index in [4.69, 9.17) is 18.0 Å². The summed E-state index contributed by atoms with van der Waals surface area (Å²) in [6.07, 6.45) is 0. The minimum Gasteiger partial charge on any atom is -0.389 e. The number of para-hydroxylation sites is 1. The van der Waals surface area contributed by atoms with Crippen LogP contribution in [0, 0.1) is 6.92 Å². The molecular weight excluding hydrogens is 270 g/mol. The van der Waals surface area contributed by atoms with Crippen molar-refractivity contribution in [1.82, 2.24) is 5.32 Å². The highest BCUT2D eigenvalue weighted by Crippen LogP contribution is 2.21. The highest BCUT2D eigenvalue weighted by atomic mass is 32.1. The molecule has 0 saturated heterocycles. The van der Waals surface area contributed by atoms with E-state index in [0.29, 0.717) is 4.99 Å². The smallest absolute Gasteiger partial charge is 0.242 e. The molecule has 1 unspecified atom stereocenters. The van der Waals surface area contributed by atoms with Gasteiger partial charge in [0.1, 0.15) is 11.0 Å². The van der Waals surface area contributed by atoms with Gasteiger partial charge in [-0.1, -0.05) is 24.4 Å². The van der Waals surface area contributed by atoms with Crippen molar-refractivity contribution in [2.45, 2.75) is 46.2 Å². The van der Waals surface area contributed by atoms with Crippen LogP contribution in [0.2, 0.25) is 0 Å². The number of thiocarbonyl (C=S) groups is 1. The van der Waals surface area contributed by atoms with Gasteiger partial charge in [-0.2, -0.15) is 0 Å². The van der Waals surface area contributed by atoms with E-state index in [9.17, 15) is 4.79 Å². The second-order valence-corrected chi connectivity index (χ2v) is 6.41. The molecule has 0 saturated carbocycles. The third-order valence-electron chi connectivity index (χ3n) is 2.79. The summed E-state index contributed by atoms with van der Waals surface area (Å²) in [6.45, 7) is 9.62. The average Bonchev–Trinajstić information content (AvgIpc) is 2.28. The quantitative estimate of drug-likeness (QED) is 0.746. The fourth-order valence-electron chi connectivity index (χ4n) is 1.82. The Kier molecular flexibility index (Phi) is 5.11. The van der Waals surface area contributed by atoms with Crippen molar-refractivity contribution in [3.05, 3.63) is 29.3 Å². The molecule has 0 heterocycles. The number of carbonyl (C=O) groups excluding carboxylic acids is 1. The molecule has 4 N–H and O–H groups in total. The largest absolute Gasteiger partial charge is 0.389 e. The lowest BCUT2D eigenvalue weighted by Crippen LogP contribution is -2.47. The minimum atomic E-state index is -0.372. The molecule has 1 rings (SSSR count). The first-order valence-corrected chi connectivity index (χ1v) is 7.00. The second kappa shape index (κ2) is 6.22. The highest BCUT2D eigenvalue weighted by molar-refractivity contribution is 7.80. The van der Waals surface area contributed by atoms with Gasteiger partial charge in [0.15, 0.2) is 0 Å². The van der Waals surface area contributed by atoms with Gasteiger partial charge in [-0.05, 0) is 46.2 Å². The molecular formula is C15H23N3OS. The number of nitrogens with one attached hydrogen (secondary N) is 2. The van der Waals surface area contributed by atoms with Gasteiger partial charge in [-0.3, -0.25) is 4.79 Å². The Morgan fingerprint density at radius 2 is 1.95 bits per heavy atom. The fourth-order valence-corrected chi connectivity index (χ4v) is 1.99. The number of hydrogen-bond acceptors (Lipinski definition) is 3. The third-order valence-corrected chi connectivity index (χ3v) is 3.01. The van der Waals surface area contributed by atoms with E-state index in [2.05, 4.69) is 10.6 Å². The maximum atomic E-state index is 12.1. The van der Waals surface area contributed by atoms with Crippen LogP contribution in [0.25, 0.3) is 0 Å². The third kappa shape index (κ3) is 4.49. The van der Waals surface area contributed by atoms with Crippen LogP contribution in [-0.2, 0) is 4.79 Å². The maximum absolute atomic E-state index is 12.1. The lowest BCUT2D eigenvalue weighted by molar-refractivity contribution is -0.122. The Morgan fingerprint density at radius 3 is 2.45 bits per heavy atom. The van der Waals surface area contributed by atoms with Crippen molar-refractivity contribution in [3.8, 4) is 0 Å². The van der Waals surface area contributed by atoms with Crippen molar-refractivity contribution < 1.29 is 4.79 Å². The summed E-state index contributed by atoms with van der Waals surface area (Å²) in [6, 6.07) is 5.34. The van der Waals surface area contributed by atoms with Crippen molar-refractivity contribution in [1.29, 1.82) is 0 Å². The van der Waals surface area contributed by atoms with Crippen molar-refractivity contribution in [2.75, 3.05) is 5.32 Å². The van der Waals surface area contributed by atoms with Crippen LogP contribution in [-0.4, -0.2) is 22.5 Å². The first kappa shape index (κ1) is 16.4. The van der Waals surface area contributed by atoms with E-state index in [1.165, 1.54) is 0 Å². The molecule has 4 nitrogen and oxygen atoms in total. The van der Waals surface area contributed by atoms with Crippen LogP contribution in [0.15, 0.2) is 18.2 Å². The summed E-state index contributed by atoms with van der Waals surface area (Å²) in [5, 5.41) is 6.14. The molecule has 1 atom stereocenters. The Balaban J connectivity index is 2.93. The zero-order chi connectivity index (χ0) is 15.5. The maximum Gasteiger partial charge on any atom is 0.242 e. The SMILES string of the molecule is Cc1cccc(C(N)=S)c1NC(C)C(=O)NC(C)(C)C. The van der Waals surface area contributed by atoms with Crippen LogP contribution >= 0.6 is 12.2 Å². The molecule has 20 heavy (non-hydrogen) atoms. The van der Waals surface area contributed by atoms with E-state index in [-0.39, 0.29) is 17.5 Å². The monoisotopic (exact) mass is 293 g/mol. The van der Waals surface area contributed by atoms with Crippen LogP contribution in [0.3, 0.4) is 0 Å². The highest BCUT2D eigenvalue weighted by Gasteiger charge is 2.20. The van der Waals surface area contributed by atoms with E-state index >= 15 is 0 Å². The van der Waals surface area contributed by atoms with Crippen LogP contribution in [0.4, 0.5) is 5.69 Å². The molecule has 0 aliphatic carbocycles. The van der Waals surface area contributed by atoms with Gasteiger partial charge in [-0.15, -0.1) is 0 Å². The standard InChI is InChI=1S/C15H23N3OS/c1-9-7-6-8-11(13(16)20)12(9)17-10(2)14(19)18-15(3,4)5/h6-8,10,17H,1-5H3,(H2,16,20)(H,18,19). The predicted octanol–water partition coefficient (Wildman–Crippen LogP) is 2.34. The molecule has 0 radical (unpaired) electrons. The van der Waals surface area contributed by atoms with Crippen LogP contribution < -0.4 is 16.4 Å². The first-order chi connectivity index (χ1) is 9.11. The van der Waals surface area contributed by atoms with Gasteiger partial charge in [0.2, 0.25) is 5.91 Å². The summed E-state index contributed by atoms with van der Waals surface area (Å²) in [7, 11) is 0. The number of hydrogen-bond donors (Lipinski definition) is 3. The number of rotatable bonds is 4. The van der Waals surface area contributed by atoms with E-state index in [1.807, 2.05) is 52.8 Å². The Labute approximate surface area is 126 Å². The summed E-state index contributed by atoms with van der Waals surface area (Å²) < 4.78 is 0. The normalized spacial score (nSPS) is 12.7. The number of amides is 1. The summed E-state index contributed by atoms with van der Waals surface area (Å²) in [5.74, 6) is -0.0605. The Morgan fingerprint density at radius 1 is 1.35 bits per heavy atom. The average molecular weight is 293 g/mol.